The van der Waals surface area contributed by atoms with Gasteiger partial charge < -0.3 is 0 Å². The third kappa shape index (κ3) is 1.91. The minimum absolute atomic E-state index is 0.164. The zero-order valence-corrected chi connectivity index (χ0v) is 8.78. The van der Waals surface area contributed by atoms with Crippen LogP contribution in [-0.2, 0) is 23.1 Å². The van der Waals surface area contributed by atoms with Crippen LogP contribution in [0.2, 0.25) is 0 Å². The standard InChI is InChI=1S/C10H13N3O2/c1-6-8(5-13(2)12-6)3-7-4-9(14)11-10(7)15/h5,7H,3-4H2,1-2H3,(H,11,14,15). The van der Waals surface area contributed by atoms with Gasteiger partial charge in [-0.2, -0.15) is 5.10 Å². The van der Waals surface area contributed by atoms with Gasteiger partial charge in [0.25, 0.3) is 0 Å². The van der Waals surface area contributed by atoms with Gasteiger partial charge in [0.15, 0.2) is 0 Å². The van der Waals surface area contributed by atoms with Gasteiger partial charge in [-0.1, -0.05) is 0 Å². The van der Waals surface area contributed by atoms with Crippen molar-refractivity contribution in [1.82, 2.24) is 15.1 Å². The lowest BCUT2D eigenvalue weighted by Crippen LogP contribution is -2.22. The lowest BCUT2D eigenvalue weighted by atomic mass is 9.99. The predicted molar refractivity (Wildman–Crippen MR) is 52.9 cm³/mol. The van der Waals surface area contributed by atoms with Crippen LogP contribution in [0.15, 0.2) is 6.20 Å². The van der Waals surface area contributed by atoms with E-state index in [1.165, 1.54) is 0 Å². The molecule has 0 bridgehead atoms. The average molecular weight is 207 g/mol. The summed E-state index contributed by atoms with van der Waals surface area (Å²) in [6.45, 7) is 1.91. The van der Waals surface area contributed by atoms with Crippen LogP contribution in [0.1, 0.15) is 17.7 Å². The molecule has 1 aromatic rings. The molecule has 2 amide bonds. The molecule has 5 nitrogen and oxygen atoms in total. The van der Waals surface area contributed by atoms with Gasteiger partial charge in [-0.15, -0.1) is 0 Å². The summed E-state index contributed by atoms with van der Waals surface area (Å²) in [6.07, 6.45) is 2.79. The van der Waals surface area contributed by atoms with E-state index in [2.05, 4.69) is 10.4 Å². The number of nitrogens with one attached hydrogen (secondary N) is 1. The number of imide groups is 1. The number of aryl methyl sites for hydroxylation is 2. The number of nitrogens with zero attached hydrogens (tertiary/aromatic N) is 2. The Morgan fingerprint density at radius 3 is 2.80 bits per heavy atom. The maximum atomic E-state index is 11.3. The maximum Gasteiger partial charge on any atom is 0.230 e. The van der Waals surface area contributed by atoms with Crippen molar-refractivity contribution >= 4 is 11.8 Å². The van der Waals surface area contributed by atoms with Crippen molar-refractivity contribution < 1.29 is 9.59 Å². The minimum Gasteiger partial charge on any atom is -0.296 e. The Hall–Kier alpha value is -1.65. The first-order chi connectivity index (χ1) is 7.06. The number of carbonyl (C=O) groups excluding carboxylic acids is 2. The summed E-state index contributed by atoms with van der Waals surface area (Å²) >= 11 is 0. The summed E-state index contributed by atoms with van der Waals surface area (Å²) in [6, 6.07) is 0. The first-order valence-corrected chi connectivity index (χ1v) is 4.89. The highest BCUT2D eigenvalue weighted by atomic mass is 16.2. The van der Waals surface area contributed by atoms with E-state index >= 15 is 0 Å². The lowest BCUT2D eigenvalue weighted by molar-refractivity contribution is -0.125. The minimum atomic E-state index is -0.222. The van der Waals surface area contributed by atoms with Crippen LogP contribution in [0.5, 0.6) is 0 Å². The molecule has 80 valence electrons. The van der Waals surface area contributed by atoms with Gasteiger partial charge in [0.1, 0.15) is 0 Å². The van der Waals surface area contributed by atoms with E-state index < -0.39 is 0 Å². The number of hydrogen-bond donors (Lipinski definition) is 1. The van der Waals surface area contributed by atoms with Crippen molar-refractivity contribution in [3.63, 3.8) is 0 Å². The Morgan fingerprint density at radius 1 is 1.60 bits per heavy atom. The van der Waals surface area contributed by atoms with Crippen LogP contribution < -0.4 is 5.32 Å². The summed E-state index contributed by atoms with van der Waals surface area (Å²) in [4.78, 5) is 22.3. The fraction of sp³-hybridized carbons (Fsp3) is 0.500. The van der Waals surface area contributed by atoms with E-state index in [9.17, 15) is 9.59 Å². The highest BCUT2D eigenvalue weighted by Crippen LogP contribution is 2.18. The zero-order chi connectivity index (χ0) is 11.0. The lowest BCUT2D eigenvalue weighted by Gasteiger charge is -2.03. The number of hydrogen-bond acceptors (Lipinski definition) is 3. The normalized spacial score (nSPS) is 20.8. The first kappa shape index (κ1) is 9.89. The molecule has 1 N–H and O–H groups in total. The van der Waals surface area contributed by atoms with Crippen LogP contribution in [0.4, 0.5) is 0 Å². The summed E-state index contributed by atoms with van der Waals surface area (Å²) in [5, 5.41) is 6.51. The van der Waals surface area contributed by atoms with Crippen LogP contribution >= 0.6 is 0 Å². The van der Waals surface area contributed by atoms with E-state index in [0.717, 1.165) is 11.3 Å². The van der Waals surface area contributed by atoms with Crippen molar-refractivity contribution in [3.8, 4) is 0 Å². The van der Waals surface area contributed by atoms with E-state index in [0.29, 0.717) is 12.8 Å². The number of amides is 2. The van der Waals surface area contributed by atoms with Crippen LogP contribution in [0.3, 0.4) is 0 Å². The Kier molecular flexibility index (Phi) is 2.30. The molecule has 1 saturated heterocycles. The fourth-order valence-electron chi connectivity index (χ4n) is 1.89. The van der Waals surface area contributed by atoms with Crippen LogP contribution in [0, 0.1) is 12.8 Å². The summed E-state index contributed by atoms with van der Waals surface area (Å²) in [5.41, 5.74) is 1.96. The van der Waals surface area contributed by atoms with Gasteiger partial charge >= 0.3 is 0 Å². The molecule has 0 aliphatic carbocycles. The van der Waals surface area contributed by atoms with Gasteiger partial charge in [-0.3, -0.25) is 19.6 Å². The molecule has 1 aliphatic heterocycles. The second kappa shape index (κ2) is 3.49. The second-order valence-corrected chi connectivity index (χ2v) is 3.93. The van der Waals surface area contributed by atoms with Crippen LogP contribution in [-0.4, -0.2) is 21.6 Å². The molecular weight excluding hydrogens is 194 g/mol. The van der Waals surface area contributed by atoms with Gasteiger partial charge in [0, 0.05) is 19.7 Å². The van der Waals surface area contributed by atoms with Gasteiger partial charge in [-0.05, 0) is 18.9 Å². The zero-order valence-electron chi connectivity index (χ0n) is 8.78. The van der Waals surface area contributed by atoms with E-state index in [1.54, 1.807) is 4.68 Å². The van der Waals surface area contributed by atoms with Gasteiger partial charge in [-0.25, -0.2) is 0 Å². The van der Waals surface area contributed by atoms with Crippen molar-refractivity contribution in [2.75, 3.05) is 0 Å². The quantitative estimate of drug-likeness (QED) is 0.691. The molecule has 1 aromatic heterocycles. The highest BCUT2D eigenvalue weighted by molar-refractivity contribution is 6.03. The number of rotatable bonds is 2. The largest absolute Gasteiger partial charge is 0.296 e. The highest BCUT2D eigenvalue weighted by Gasteiger charge is 2.31. The molecule has 0 radical (unpaired) electrons. The molecule has 2 rings (SSSR count). The molecule has 0 saturated carbocycles. The Bertz CT molecular complexity index is 422. The Balaban J connectivity index is 2.12. The molecule has 0 spiro atoms. The number of carbonyl (C=O) groups is 2. The molecule has 1 fully saturated rings. The molecule has 1 aliphatic rings. The summed E-state index contributed by atoms with van der Waals surface area (Å²) < 4.78 is 1.72. The molecule has 5 heteroatoms. The summed E-state index contributed by atoms with van der Waals surface area (Å²) in [7, 11) is 1.84. The predicted octanol–water partition coefficient (Wildman–Crippen LogP) is -0.0663. The Labute approximate surface area is 87.5 Å². The fourth-order valence-corrected chi connectivity index (χ4v) is 1.89. The second-order valence-electron chi connectivity index (χ2n) is 3.93. The first-order valence-electron chi connectivity index (χ1n) is 4.89. The third-order valence-corrected chi connectivity index (χ3v) is 2.65. The average Bonchev–Trinajstić information content (AvgIpc) is 2.58. The monoisotopic (exact) mass is 207 g/mol. The van der Waals surface area contributed by atoms with Crippen molar-refractivity contribution in [3.05, 3.63) is 17.5 Å². The smallest absolute Gasteiger partial charge is 0.230 e. The molecule has 15 heavy (non-hydrogen) atoms. The van der Waals surface area contributed by atoms with Crippen molar-refractivity contribution in [2.45, 2.75) is 19.8 Å². The topological polar surface area (TPSA) is 64.0 Å². The van der Waals surface area contributed by atoms with Gasteiger partial charge in [0.05, 0.1) is 11.6 Å². The molecular formula is C10H13N3O2. The Morgan fingerprint density at radius 2 is 2.33 bits per heavy atom. The molecule has 1 unspecified atom stereocenters. The van der Waals surface area contributed by atoms with Gasteiger partial charge in [0.2, 0.25) is 11.8 Å². The molecule has 1 atom stereocenters. The van der Waals surface area contributed by atoms with E-state index in [1.807, 2.05) is 20.2 Å². The molecule has 2 heterocycles. The third-order valence-electron chi connectivity index (χ3n) is 2.65. The summed E-state index contributed by atoms with van der Waals surface area (Å²) in [5.74, 6) is -0.560. The van der Waals surface area contributed by atoms with Crippen molar-refractivity contribution in [1.29, 1.82) is 0 Å². The number of aromatic nitrogens is 2. The molecule has 0 aromatic carbocycles. The van der Waals surface area contributed by atoms with E-state index in [4.69, 9.17) is 0 Å². The van der Waals surface area contributed by atoms with E-state index in [-0.39, 0.29) is 17.7 Å². The van der Waals surface area contributed by atoms with Crippen molar-refractivity contribution in [2.24, 2.45) is 13.0 Å². The van der Waals surface area contributed by atoms with Crippen LogP contribution in [0.25, 0.3) is 0 Å². The SMILES string of the molecule is Cc1nn(C)cc1CC1CC(=O)NC1=O. The maximum absolute atomic E-state index is 11.3.